The zero-order chi connectivity index (χ0) is 24.4. The van der Waals surface area contributed by atoms with Gasteiger partial charge in [0.25, 0.3) is 0 Å². The summed E-state index contributed by atoms with van der Waals surface area (Å²) < 4.78 is 4.71. The van der Waals surface area contributed by atoms with Crippen LogP contribution in [0.25, 0.3) is 0 Å². The van der Waals surface area contributed by atoms with Crippen LogP contribution in [0.2, 0.25) is 0 Å². The Balaban J connectivity index is 4.29. The Labute approximate surface area is 193 Å². The van der Waals surface area contributed by atoms with Crippen LogP contribution >= 0.6 is 0 Å². The molecule has 0 aliphatic rings. The molecule has 8 heteroatoms. The summed E-state index contributed by atoms with van der Waals surface area (Å²) in [5, 5.41) is 5.13. The van der Waals surface area contributed by atoms with E-state index in [0.717, 1.165) is 19.3 Å². The van der Waals surface area contributed by atoms with Gasteiger partial charge in [0.05, 0.1) is 13.5 Å². The van der Waals surface area contributed by atoms with E-state index in [4.69, 9.17) is 10.5 Å². The topological polar surface area (TPSA) is 128 Å². The monoisotopic (exact) mass is 455 g/mol. The van der Waals surface area contributed by atoms with E-state index in [1.807, 2.05) is 0 Å². The molecular formula is C24H45N3O5. The zero-order valence-corrected chi connectivity index (χ0v) is 20.5. The first-order valence-corrected chi connectivity index (χ1v) is 12.2. The third-order valence-corrected chi connectivity index (χ3v) is 5.48. The van der Waals surface area contributed by atoms with E-state index in [1.165, 1.54) is 58.5 Å². The molecule has 0 rings (SSSR count). The average Bonchev–Trinajstić information content (AvgIpc) is 2.74. The number of carbonyl (C=O) groups excluding carboxylic acids is 4. The summed E-state index contributed by atoms with van der Waals surface area (Å²) in [7, 11) is 1.24. The summed E-state index contributed by atoms with van der Waals surface area (Å²) in [6.07, 6.45) is 13.0. The highest BCUT2D eigenvalue weighted by atomic mass is 16.5. The molecule has 0 aromatic carbocycles. The van der Waals surface area contributed by atoms with Crippen LogP contribution in [-0.4, -0.2) is 42.9 Å². The number of unbranched alkanes of at least 4 members (excludes halogenated alkanes) is 10. The van der Waals surface area contributed by atoms with E-state index in [2.05, 4.69) is 17.6 Å². The number of methoxy groups -OCH3 is 1. The molecule has 4 N–H and O–H groups in total. The zero-order valence-electron chi connectivity index (χ0n) is 20.5. The Morgan fingerprint density at radius 2 is 1.31 bits per heavy atom. The highest BCUT2D eigenvalue weighted by Gasteiger charge is 2.30. The third-order valence-electron chi connectivity index (χ3n) is 5.48. The van der Waals surface area contributed by atoms with Crippen LogP contribution in [0.1, 0.15) is 104 Å². The van der Waals surface area contributed by atoms with Crippen molar-refractivity contribution in [3.63, 3.8) is 0 Å². The van der Waals surface area contributed by atoms with Crippen molar-refractivity contribution in [2.45, 2.75) is 116 Å². The fraction of sp³-hybridized carbons (Fsp3) is 0.833. The molecule has 3 amide bonds. The Morgan fingerprint density at radius 3 is 1.75 bits per heavy atom. The van der Waals surface area contributed by atoms with Crippen LogP contribution in [-0.2, 0) is 23.9 Å². The molecule has 186 valence electrons. The van der Waals surface area contributed by atoms with Crippen molar-refractivity contribution in [2.24, 2.45) is 11.7 Å². The Kier molecular flexibility index (Phi) is 17.2. The molecule has 0 heterocycles. The third kappa shape index (κ3) is 14.8. The number of primary amides is 1. The lowest BCUT2D eigenvalue weighted by Gasteiger charge is -2.23. The summed E-state index contributed by atoms with van der Waals surface area (Å²) in [6.45, 7) is 5.74. The standard InChI is InChI=1S/C24H45N3O5/c1-5-6-7-8-9-10-11-12-13-14-15-16-21(29)26-19(17-20(25)28)23(30)27-22(18(2)3)24(31)32-4/h18-19,22H,5-17H2,1-4H3,(H2,25,28)(H,26,29)(H,27,30)/t19-,22?/m1/s1. The van der Waals surface area contributed by atoms with Crippen molar-refractivity contribution in [1.82, 2.24) is 10.6 Å². The number of nitrogens with two attached hydrogens (primary N) is 1. The summed E-state index contributed by atoms with van der Waals surface area (Å²) in [5.41, 5.74) is 5.24. The van der Waals surface area contributed by atoms with E-state index in [-0.39, 0.29) is 24.7 Å². The van der Waals surface area contributed by atoms with Crippen molar-refractivity contribution in [3.05, 3.63) is 0 Å². The van der Waals surface area contributed by atoms with Crippen LogP contribution in [0.4, 0.5) is 0 Å². The van der Waals surface area contributed by atoms with Crippen LogP contribution in [0.3, 0.4) is 0 Å². The van der Waals surface area contributed by atoms with Gasteiger partial charge in [-0.3, -0.25) is 14.4 Å². The number of hydrogen-bond acceptors (Lipinski definition) is 5. The van der Waals surface area contributed by atoms with Gasteiger partial charge in [0.15, 0.2) is 0 Å². The Bertz CT molecular complexity index is 566. The average molecular weight is 456 g/mol. The first-order chi connectivity index (χ1) is 15.2. The molecule has 0 radical (unpaired) electrons. The highest BCUT2D eigenvalue weighted by molar-refractivity contribution is 5.93. The highest BCUT2D eigenvalue weighted by Crippen LogP contribution is 2.12. The van der Waals surface area contributed by atoms with E-state index in [1.54, 1.807) is 13.8 Å². The molecule has 0 aliphatic carbocycles. The molecule has 0 spiro atoms. The molecule has 0 aliphatic heterocycles. The summed E-state index contributed by atoms with van der Waals surface area (Å²) in [4.78, 5) is 48.1. The normalized spacial score (nSPS) is 12.8. The fourth-order valence-electron chi connectivity index (χ4n) is 3.51. The number of ether oxygens (including phenoxy) is 1. The first-order valence-electron chi connectivity index (χ1n) is 12.2. The second kappa shape index (κ2) is 18.5. The summed E-state index contributed by atoms with van der Waals surface area (Å²) in [5.74, 6) is -2.44. The maximum absolute atomic E-state index is 12.6. The quantitative estimate of drug-likeness (QED) is 0.203. The van der Waals surface area contributed by atoms with Crippen LogP contribution < -0.4 is 16.4 Å². The van der Waals surface area contributed by atoms with Crippen molar-refractivity contribution in [3.8, 4) is 0 Å². The molecule has 2 atom stereocenters. The maximum atomic E-state index is 12.6. The van der Waals surface area contributed by atoms with Crippen molar-refractivity contribution < 1.29 is 23.9 Å². The molecule has 0 bridgehead atoms. The second-order valence-electron chi connectivity index (χ2n) is 8.83. The second-order valence-corrected chi connectivity index (χ2v) is 8.83. The van der Waals surface area contributed by atoms with Gasteiger partial charge in [-0.15, -0.1) is 0 Å². The molecule has 0 fully saturated rings. The van der Waals surface area contributed by atoms with Crippen molar-refractivity contribution in [2.75, 3.05) is 7.11 Å². The van der Waals surface area contributed by atoms with Gasteiger partial charge in [-0.05, 0) is 12.3 Å². The van der Waals surface area contributed by atoms with Crippen molar-refractivity contribution in [1.29, 1.82) is 0 Å². The van der Waals surface area contributed by atoms with Gasteiger partial charge >= 0.3 is 5.97 Å². The molecular weight excluding hydrogens is 410 g/mol. The van der Waals surface area contributed by atoms with Gasteiger partial charge < -0.3 is 21.1 Å². The summed E-state index contributed by atoms with van der Waals surface area (Å²) in [6, 6.07) is -1.98. The van der Waals surface area contributed by atoms with Gasteiger partial charge in [-0.25, -0.2) is 4.79 Å². The van der Waals surface area contributed by atoms with Gasteiger partial charge in [-0.2, -0.15) is 0 Å². The minimum absolute atomic E-state index is 0.215. The number of hydrogen-bond donors (Lipinski definition) is 3. The molecule has 0 saturated carbocycles. The first kappa shape index (κ1) is 29.9. The smallest absolute Gasteiger partial charge is 0.328 e. The number of amides is 3. The maximum Gasteiger partial charge on any atom is 0.328 e. The van der Waals surface area contributed by atoms with E-state index in [9.17, 15) is 19.2 Å². The predicted octanol–water partition coefficient (Wildman–Crippen LogP) is 3.36. The van der Waals surface area contributed by atoms with E-state index < -0.39 is 29.9 Å². The molecule has 0 saturated heterocycles. The lowest BCUT2D eigenvalue weighted by molar-refractivity contribution is -0.146. The minimum Gasteiger partial charge on any atom is -0.467 e. The van der Waals surface area contributed by atoms with Crippen LogP contribution in [0.15, 0.2) is 0 Å². The predicted molar refractivity (Wildman–Crippen MR) is 126 cm³/mol. The fourth-order valence-corrected chi connectivity index (χ4v) is 3.51. The van der Waals surface area contributed by atoms with E-state index >= 15 is 0 Å². The van der Waals surface area contributed by atoms with Gasteiger partial charge in [0, 0.05) is 6.42 Å². The van der Waals surface area contributed by atoms with Crippen LogP contribution in [0.5, 0.6) is 0 Å². The minimum atomic E-state index is -1.11. The van der Waals surface area contributed by atoms with Gasteiger partial charge in [0.1, 0.15) is 12.1 Å². The molecule has 0 aromatic rings. The number of nitrogens with one attached hydrogen (secondary N) is 2. The van der Waals surface area contributed by atoms with Gasteiger partial charge in [-0.1, -0.05) is 85.0 Å². The number of rotatable bonds is 19. The molecule has 1 unspecified atom stereocenters. The molecule has 32 heavy (non-hydrogen) atoms. The lowest BCUT2D eigenvalue weighted by Crippen LogP contribution is -2.54. The SMILES string of the molecule is CCCCCCCCCCCCCC(=O)N[C@H](CC(N)=O)C(=O)NC(C(=O)OC)C(C)C. The van der Waals surface area contributed by atoms with Crippen LogP contribution in [0, 0.1) is 5.92 Å². The van der Waals surface area contributed by atoms with E-state index in [0.29, 0.717) is 0 Å². The lowest BCUT2D eigenvalue weighted by atomic mass is 10.0. The Hall–Kier alpha value is -2.12. The molecule has 0 aromatic heterocycles. The number of esters is 1. The van der Waals surface area contributed by atoms with Crippen molar-refractivity contribution >= 4 is 23.7 Å². The molecule has 8 nitrogen and oxygen atoms in total. The largest absolute Gasteiger partial charge is 0.467 e. The number of carbonyl (C=O) groups is 4. The summed E-state index contributed by atoms with van der Waals surface area (Å²) >= 11 is 0. The Morgan fingerprint density at radius 1 is 0.812 bits per heavy atom. The van der Waals surface area contributed by atoms with Gasteiger partial charge in [0.2, 0.25) is 17.7 Å².